The Labute approximate surface area is 207 Å². The van der Waals surface area contributed by atoms with Crippen LogP contribution in [0.15, 0.2) is 60.7 Å². The average Bonchev–Trinajstić information content (AvgIpc) is 2.88. The Bertz CT molecular complexity index is 1210. The van der Waals surface area contributed by atoms with E-state index in [1.54, 1.807) is 18.2 Å². The lowest BCUT2D eigenvalue weighted by atomic mass is 9.77. The van der Waals surface area contributed by atoms with E-state index < -0.39 is 17.2 Å². The molecule has 0 bridgehead atoms. The molecular formula is C32H31F2N. The van der Waals surface area contributed by atoms with Gasteiger partial charge in [-0.3, -0.25) is 0 Å². The van der Waals surface area contributed by atoms with Crippen LogP contribution in [0.5, 0.6) is 0 Å². The van der Waals surface area contributed by atoms with Crippen LogP contribution >= 0.6 is 0 Å². The Morgan fingerprint density at radius 2 is 1.34 bits per heavy atom. The van der Waals surface area contributed by atoms with Crippen LogP contribution in [0.4, 0.5) is 8.78 Å². The van der Waals surface area contributed by atoms with Gasteiger partial charge in [-0.05, 0) is 90.6 Å². The van der Waals surface area contributed by atoms with E-state index in [0.29, 0.717) is 17.0 Å². The minimum absolute atomic E-state index is 0.393. The van der Waals surface area contributed by atoms with Crippen molar-refractivity contribution in [2.45, 2.75) is 64.2 Å². The molecule has 0 radical (unpaired) electrons. The lowest BCUT2D eigenvalue weighted by molar-refractivity contribution is 0.303. The number of rotatable bonds is 6. The van der Waals surface area contributed by atoms with E-state index in [0.717, 1.165) is 17.0 Å². The molecule has 1 fully saturated rings. The normalized spacial score (nSPS) is 17.3. The van der Waals surface area contributed by atoms with E-state index in [9.17, 15) is 8.78 Å². The van der Waals surface area contributed by atoms with Crippen LogP contribution in [0.25, 0.3) is 11.1 Å². The molecule has 178 valence electrons. The highest BCUT2D eigenvalue weighted by Crippen LogP contribution is 2.37. The van der Waals surface area contributed by atoms with Gasteiger partial charge in [0, 0.05) is 11.1 Å². The topological polar surface area (TPSA) is 23.8 Å². The molecule has 0 aliphatic heterocycles. The van der Waals surface area contributed by atoms with E-state index in [4.69, 9.17) is 5.26 Å². The highest BCUT2D eigenvalue weighted by molar-refractivity contribution is 5.66. The fourth-order valence-electron chi connectivity index (χ4n) is 5.04. The smallest absolute Gasteiger partial charge is 0.144 e. The molecule has 1 aliphatic carbocycles. The summed E-state index contributed by atoms with van der Waals surface area (Å²) in [7, 11) is 0. The third-order valence-corrected chi connectivity index (χ3v) is 7.17. The summed E-state index contributed by atoms with van der Waals surface area (Å²) in [5.41, 5.74) is 3.73. The lowest BCUT2D eigenvalue weighted by Gasteiger charge is -2.29. The summed E-state index contributed by atoms with van der Waals surface area (Å²) in [4.78, 5) is 0. The molecule has 0 aromatic heterocycles. The Morgan fingerprint density at radius 1 is 0.771 bits per heavy atom. The minimum atomic E-state index is -0.852. The second-order valence-corrected chi connectivity index (χ2v) is 9.59. The highest BCUT2D eigenvalue weighted by Gasteiger charge is 2.21. The third kappa shape index (κ3) is 6.37. The molecule has 0 heterocycles. The molecule has 3 heteroatoms. The number of hydrogen-bond acceptors (Lipinski definition) is 1. The first kappa shape index (κ1) is 24.7. The van der Waals surface area contributed by atoms with Crippen LogP contribution < -0.4 is 0 Å². The molecule has 0 N–H and O–H groups in total. The molecule has 3 aromatic rings. The van der Waals surface area contributed by atoms with Gasteiger partial charge in [0.05, 0.1) is 0 Å². The number of nitriles is 1. The van der Waals surface area contributed by atoms with Crippen molar-refractivity contribution in [3.8, 4) is 29.0 Å². The summed E-state index contributed by atoms with van der Waals surface area (Å²) in [6, 6.07) is 19.8. The van der Waals surface area contributed by atoms with Crippen LogP contribution in [0.2, 0.25) is 0 Å². The Balaban J connectivity index is 1.36. The first-order chi connectivity index (χ1) is 17.1. The molecule has 0 spiro atoms. The summed E-state index contributed by atoms with van der Waals surface area (Å²) in [5.74, 6) is 6.27. The lowest BCUT2D eigenvalue weighted by Crippen LogP contribution is -2.13. The zero-order chi connectivity index (χ0) is 24.6. The minimum Gasteiger partial charge on any atom is -0.205 e. The molecule has 35 heavy (non-hydrogen) atoms. The third-order valence-electron chi connectivity index (χ3n) is 7.17. The quantitative estimate of drug-likeness (QED) is 0.263. The fraction of sp³-hybridized carbons (Fsp3) is 0.344. The Hall–Kier alpha value is -3.43. The van der Waals surface area contributed by atoms with E-state index in [2.05, 4.69) is 43.0 Å². The number of unbranched alkanes of at least 4 members (excludes halogenated alkanes) is 2. The van der Waals surface area contributed by atoms with E-state index in [1.807, 2.05) is 12.1 Å². The maximum atomic E-state index is 13.9. The van der Waals surface area contributed by atoms with Gasteiger partial charge in [-0.25, -0.2) is 8.78 Å². The van der Waals surface area contributed by atoms with Gasteiger partial charge in [0.1, 0.15) is 23.3 Å². The Morgan fingerprint density at radius 3 is 1.89 bits per heavy atom. The van der Waals surface area contributed by atoms with Gasteiger partial charge >= 0.3 is 0 Å². The fourth-order valence-corrected chi connectivity index (χ4v) is 5.04. The molecule has 0 atom stereocenters. The number of halogens is 2. The predicted octanol–water partition coefficient (Wildman–Crippen LogP) is 8.76. The number of benzene rings is 3. The zero-order valence-electron chi connectivity index (χ0n) is 20.3. The highest BCUT2D eigenvalue weighted by atomic mass is 19.1. The van der Waals surface area contributed by atoms with Gasteiger partial charge in [0.15, 0.2) is 0 Å². The van der Waals surface area contributed by atoms with E-state index in [1.165, 1.54) is 69.1 Å². The number of nitrogens with zero attached hydrogens (tertiary/aromatic N) is 1. The van der Waals surface area contributed by atoms with Crippen molar-refractivity contribution >= 4 is 0 Å². The molecule has 3 aromatic carbocycles. The summed E-state index contributed by atoms with van der Waals surface area (Å²) in [6.45, 7) is 2.27. The van der Waals surface area contributed by atoms with Gasteiger partial charge in [-0.15, -0.1) is 0 Å². The molecular weight excluding hydrogens is 436 g/mol. The SMILES string of the molecule is CCCCCC1CCC(c2ccc(C#Cc3ccc(-c4cc(F)c(C#N)c(F)c4)cc3)cc2)CC1. The van der Waals surface area contributed by atoms with Crippen molar-refractivity contribution in [3.63, 3.8) is 0 Å². The monoisotopic (exact) mass is 467 g/mol. The average molecular weight is 468 g/mol. The van der Waals surface area contributed by atoms with Gasteiger partial charge in [-0.1, -0.05) is 68.7 Å². The van der Waals surface area contributed by atoms with Crippen molar-refractivity contribution in [3.05, 3.63) is 94.6 Å². The Kier molecular flexibility index (Phi) is 8.33. The van der Waals surface area contributed by atoms with Crippen LogP contribution in [-0.4, -0.2) is 0 Å². The van der Waals surface area contributed by atoms with E-state index >= 15 is 0 Å². The summed E-state index contributed by atoms with van der Waals surface area (Å²) >= 11 is 0. The summed E-state index contributed by atoms with van der Waals surface area (Å²) < 4.78 is 27.8. The summed E-state index contributed by atoms with van der Waals surface area (Å²) in [5, 5.41) is 8.83. The van der Waals surface area contributed by atoms with Crippen molar-refractivity contribution < 1.29 is 8.78 Å². The summed E-state index contributed by atoms with van der Waals surface area (Å²) in [6.07, 6.45) is 10.7. The maximum absolute atomic E-state index is 13.9. The van der Waals surface area contributed by atoms with Gasteiger partial charge in [0.2, 0.25) is 0 Å². The molecule has 0 unspecified atom stereocenters. The van der Waals surface area contributed by atoms with Crippen molar-refractivity contribution in [2.75, 3.05) is 0 Å². The largest absolute Gasteiger partial charge is 0.205 e. The van der Waals surface area contributed by atoms with Gasteiger partial charge < -0.3 is 0 Å². The van der Waals surface area contributed by atoms with Crippen molar-refractivity contribution in [1.29, 1.82) is 5.26 Å². The second-order valence-electron chi connectivity index (χ2n) is 9.59. The molecule has 1 nitrogen and oxygen atoms in total. The first-order valence-corrected chi connectivity index (χ1v) is 12.7. The molecule has 0 amide bonds. The second kappa shape index (κ2) is 11.8. The first-order valence-electron chi connectivity index (χ1n) is 12.7. The predicted molar refractivity (Wildman–Crippen MR) is 138 cm³/mol. The molecule has 1 saturated carbocycles. The van der Waals surface area contributed by atoms with Gasteiger partial charge in [-0.2, -0.15) is 5.26 Å². The standard InChI is InChI=1S/C32H31F2N/c1-2-3-4-5-23-8-14-26(15-9-23)27-16-10-24(11-17-27)6-7-25-12-18-28(19-13-25)29-20-31(33)30(22-35)32(34)21-29/h10-13,16-21,23,26H,2-5,8-9,14-15H2,1H3. The molecule has 1 aliphatic rings. The van der Waals surface area contributed by atoms with Crippen LogP contribution in [0.1, 0.15) is 86.5 Å². The van der Waals surface area contributed by atoms with Crippen LogP contribution in [0.3, 0.4) is 0 Å². The molecule has 4 rings (SSSR count). The van der Waals surface area contributed by atoms with Crippen molar-refractivity contribution in [1.82, 2.24) is 0 Å². The molecule has 0 saturated heterocycles. The van der Waals surface area contributed by atoms with Crippen LogP contribution in [-0.2, 0) is 0 Å². The van der Waals surface area contributed by atoms with Crippen molar-refractivity contribution in [2.24, 2.45) is 5.92 Å². The van der Waals surface area contributed by atoms with Crippen LogP contribution in [0, 0.1) is 40.7 Å². The van der Waals surface area contributed by atoms with Gasteiger partial charge in [0.25, 0.3) is 0 Å². The van der Waals surface area contributed by atoms with E-state index in [-0.39, 0.29) is 0 Å². The zero-order valence-corrected chi connectivity index (χ0v) is 20.3. The maximum Gasteiger partial charge on any atom is 0.144 e. The number of hydrogen-bond donors (Lipinski definition) is 0.